The van der Waals surface area contributed by atoms with Gasteiger partial charge in [0, 0.05) is 26.9 Å². The van der Waals surface area contributed by atoms with E-state index in [0.29, 0.717) is 12.1 Å². The maximum absolute atomic E-state index is 6.14. The Hall–Kier alpha value is -0.480. The summed E-state index contributed by atoms with van der Waals surface area (Å²) < 4.78 is 0. The molecule has 1 aliphatic rings. The van der Waals surface area contributed by atoms with Gasteiger partial charge in [0.2, 0.25) is 0 Å². The smallest absolute Gasteiger partial charge is 0.0410 e. The lowest BCUT2D eigenvalue weighted by molar-refractivity contribution is 0.454. The Morgan fingerprint density at radius 1 is 1.37 bits per heavy atom. The molecule has 3 rings (SSSR count). The van der Waals surface area contributed by atoms with E-state index in [-0.39, 0.29) is 0 Å². The molecule has 0 bridgehead atoms. The van der Waals surface area contributed by atoms with E-state index in [9.17, 15) is 0 Å². The van der Waals surface area contributed by atoms with Gasteiger partial charge in [0.25, 0.3) is 0 Å². The van der Waals surface area contributed by atoms with Crippen LogP contribution in [0.4, 0.5) is 0 Å². The van der Waals surface area contributed by atoms with E-state index < -0.39 is 0 Å². The molecule has 0 saturated carbocycles. The minimum atomic E-state index is 0.389. The Labute approximate surface area is 127 Å². The van der Waals surface area contributed by atoms with Crippen molar-refractivity contribution in [3.63, 3.8) is 0 Å². The molecular formula is C15H16ClNS2. The van der Waals surface area contributed by atoms with Crippen LogP contribution >= 0.6 is 34.7 Å². The van der Waals surface area contributed by atoms with Crippen molar-refractivity contribution in [3.8, 4) is 0 Å². The van der Waals surface area contributed by atoms with Crippen molar-refractivity contribution >= 4 is 34.7 Å². The molecule has 0 aliphatic carbocycles. The first-order valence-electron chi connectivity index (χ1n) is 6.46. The van der Waals surface area contributed by atoms with Crippen LogP contribution in [0.25, 0.3) is 0 Å². The molecule has 1 nitrogen and oxygen atoms in total. The molecule has 1 unspecified atom stereocenters. The summed E-state index contributed by atoms with van der Waals surface area (Å²) in [5.74, 6) is 1.17. The molecule has 2 aromatic rings. The number of rotatable bonds is 3. The molecule has 0 saturated heterocycles. The fourth-order valence-electron chi connectivity index (χ4n) is 2.46. The van der Waals surface area contributed by atoms with Crippen molar-refractivity contribution < 1.29 is 0 Å². The quantitative estimate of drug-likeness (QED) is 0.827. The number of hydrogen-bond acceptors (Lipinski definition) is 3. The zero-order valence-corrected chi connectivity index (χ0v) is 13.1. The number of thiophene rings is 1. The third-order valence-electron chi connectivity index (χ3n) is 3.43. The summed E-state index contributed by atoms with van der Waals surface area (Å²) in [4.78, 5) is 2.76. The largest absolute Gasteiger partial charge is 0.303 e. The molecule has 1 aromatic carbocycles. The second-order valence-corrected chi connectivity index (χ2v) is 7.33. The van der Waals surface area contributed by atoms with Gasteiger partial charge < -0.3 is 5.32 Å². The molecule has 1 aromatic heterocycles. The summed E-state index contributed by atoms with van der Waals surface area (Å²) in [6.45, 7) is 2.23. The van der Waals surface area contributed by atoms with Crippen LogP contribution in [-0.4, -0.2) is 5.75 Å². The van der Waals surface area contributed by atoms with Crippen LogP contribution in [0, 0.1) is 0 Å². The van der Waals surface area contributed by atoms with Crippen LogP contribution in [0.3, 0.4) is 0 Å². The predicted molar refractivity (Wildman–Crippen MR) is 85.4 cm³/mol. The number of thioether (sulfide) groups is 1. The van der Waals surface area contributed by atoms with Gasteiger partial charge in [-0.15, -0.1) is 23.1 Å². The molecule has 1 aliphatic heterocycles. The van der Waals surface area contributed by atoms with E-state index in [1.807, 2.05) is 29.2 Å². The van der Waals surface area contributed by atoms with Gasteiger partial charge in [-0.2, -0.15) is 0 Å². The van der Waals surface area contributed by atoms with Gasteiger partial charge in [-0.05, 0) is 54.3 Å². The zero-order chi connectivity index (χ0) is 13.2. The topological polar surface area (TPSA) is 12.0 Å². The van der Waals surface area contributed by atoms with E-state index in [1.54, 1.807) is 0 Å². The second kappa shape index (κ2) is 5.88. The first kappa shape index (κ1) is 13.5. The van der Waals surface area contributed by atoms with Gasteiger partial charge >= 0.3 is 0 Å². The van der Waals surface area contributed by atoms with Crippen LogP contribution < -0.4 is 5.32 Å². The fourth-order valence-corrected chi connectivity index (χ4v) is 4.49. The van der Waals surface area contributed by atoms with Crippen LogP contribution in [0.5, 0.6) is 0 Å². The van der Waals surface area contributed by atoms with Crippen molar-refractivity contribution in [2.24, 2.45) is 0 Å². The first-order chi connectivity index (χ1) is 9.24. The summed E-state index contributed by atoms with van der Waals surface area (Å²) in [5, 5.41) is 6.71. The Morgan fingerprint density at radius 3 is 3.05 bits per heavy atom. The lowest BCUT2D eigenvalue weighted by Gasteiger charge is -2.28. The highest BCUT2D eigenvalue weighted by Gasteiger charge is 2.22. The van der Waals surface area contributed by atoms with Crippen LogP contribution in [0.15, 0.2) is 40.6 Å². The molecule has 4 heteroatoms. The lowest BCUT2D eigenvalue weighted by atomic mass is 10.0. The van der Waals surface area contributed by atoms with E-state index in [2.05, 4.69) is 41.9 Å². The number of hydrogen-bond donors (Lipinski definition) is 1. The van der Waals surface area contributed by atoms with Crippen molar-refractivity contribution in [1.29, 1.82) is 0 Å². The van der Waals surface area contributed by atoms with Gasteiger partial charge in [0.15, 0.2) is 0 Å². The highest BCUT2D eigenvalue weighted by molar-refractivity contribution is 7.99. The minimum absolute atomic E-state index is 0.389. The third kappa shape index (κ3) is 3.00. The number of halogens is 1. The summed E-state index contributed by atoms with van der Waals surface area (Å²) in [7, 11) is 0. The molecule has 0 spiro atoms. The summed E-state index contributed by atoms with van der Waals surface area (Å²) in [6, 6.07) is 11.3. The van der Waals surface area contributed by atoms with Crippen LogP contribution in [0.2, 0.25) is 5.02 Å². The standard InChI is InChI=1S/C15H16ClNS2/c1-10(14-3-2-7-18-14)17-13-6-8-19-15-5-4-11(16)9-12(13)15/h2-5,7,9-10,13,17H,6,8H2,1H3/t10-,13?/m0/s1. The Kier molecular flexibility index (Phi) is 4.18. The van der Waals surface area contributed by atoms with E-state index in [0.717, 1.165) is 11.4 Å². The molecule has 1 N–H and O–H groups in total. The first-order valence-corrected chi connectivity index (χ1v) is 8.70. The molecule has 0 fully saturated rings. The zero-order valence-electron chi connectivity index (χ0n) is 10.7. The highest BCUT2D eigenvalue weighted by Crippen LogP contribution is 2.38. The second-order valence-electron chi connectivity index (χ2n) is 4.78. The molecule has 2 atom stereocenters. The maximum Gasteiger partial charge on any atom is 0.0410 e. The molecular weight excluding hydrogens is 294 g/mol. The van der Waals surface area contributed by atoms with Gasteiger partial charge in [-0.1, -0.05) is 17.7 Å². The SMILES string of the molecule is C[C@H](NC1CCSc2ccc(Cl)cc21)c1cccs1. The molecule has 19 heavy (non-hydrogen) atoms. The monoisotopic (exact) mass is 309 g/mol. The molecule has 100 valence electrons. The van der Waals surface area contributed by atoms with Crippen molar-refractivity contribution in [1.82, 2.24) is 5.32 Å². The third-order valence-corrected chi connectivity index (χ3v) is 5.85. The summed E-state index contributed by atoms with van der Waals surface area (Å²) >= 11 is 9.88. The maximum atomic E-state index is 6.14. The van der Waals surface area contributed by atoms with Gasteiger partial charge in [0.1, 0.15) is 0 Å². The van der Waals surface area contributed by atoms with Gasteiger partial charge in [0.05, 0.1) is 0 Å². The predicted octanol–water partition coefficient (Wildman–Crippen LogP) is 5.29. The Balaban J connectivity index is 1.81. The van der Waals surface area contributed by atoms with Gasteiger partial charge in [-0.25, -0.2) is 0 Å². The average Bonchev–Trinajstić information content (AvgIpc) is 2.93. The number of nitrogens with one attached hydrogen (secondary N) is 1. The molecule has 0 radical (unpaired) electrons. The van der Waals surface area contributed by atoms with Crippen molar-refractivity contribution in [3.05, 3.63) is 51.2 Å². The summed E-state index contributed by atoms with van der Waals surface area (Å²) in [6.07, 6.45) is 1.16. The van der Waals surface area contributed by atoms with Crippen LogP contribution in [0.1, 0.15) is 35.9 Å². The van der Waals surface area contributed by atoms with Crippen LogP contribution in [-0.2, 0) is 0 Å². The highest BCUT2D eigenvalue weighted by atomic mass is 35.5. The fraction of sp³-hybridized carbons (Fsp3) is 0.333. The number of benzene rings is 1. The molecule has 0 amide bonds. The Morgan fingerprint density at radius 2 is 2.26 bits per heavy atom. The van der Waals surface area contributed by atoms with E-state index >= 15 is 0 Å². The Bertz CT molecular complexity index is 553. The van der Waals surface area contributed by atoms with E-state index in [4.69, 9.17) is 11.6 Å². The van der Waals surface area contributed by atoms with Crippen molar-refractivity contribution in [2.45, 2.75) is 30.3 Å². The van der Waals surface area contributed by atoms with Gasteiger partial charge in [-0.3, -0.25) is 0 Å². The lowest BCUT2D eigenvalue weighted by Crippen LogP contribution is -2.26. The van der Waals surface area contributed by atoms with E-state index in [1.165, 1.54) is 21.1 Å². The average molecular weight is 310 g/mol. The number of fused-ring (bicyclic) bond motifs is 1. The normalized spacial score (nSPS) is 20.0. The van der Waals surface area contributed by atoms with Crippen molar-refractivity contribution in [2.75, 3.05) is 5.75 Å². The minimum Gasteiger partial charge on any atom is -0.303 e. The molecule has 2 heterocycles. The summed E-state index contributed by atoms with van der Waals surface area (Å²) in [5.41, 5.74) is 1.35.